The maximum atomic E-state index is 11.9. The van der Waals surface area contributed by atoms with Crippen LogP contribution in [0.25, 0.3) is 0 Å². The number of rotatable bonds is 1. The van der Waals surface area contributed by atoms with Gasteiger partial charge in [-0.3, -0.25) is 9.59 Å². The molecule has 1 aliphatic carbocycles. The van der Waals surface area contributed by atoms with E-state index >= 15 is 0 Å². The van der Waals surface area contributed by atoms with Gasteiger partial charge in [0.15, 0.2) is 0 Å². The van der Waals surface area contributed by atoms with Crippen LogP contribution in [-0.4, -0.2) is 24.6 Å². The molecule has 2 atom stereocenters. The predicted molar refractivity (Wildman–Crippen MR) is 79.6 cm³/mol. The lowest BCUT2D eigenvalue weighted by molar-refractivity contribution is -0.155. The maximum absolute atomic E-state index is 11.9. The molecule has 0 N–H and O–H groups in total. The van der Waals surface area contributed by atoms with Gasteiger partial charge in [0, 0.05) is 0 Å². The topological polar surface area (TPSA) is 52.6 Å². The Morgan fingerprint density at radius 1 is 1.19 bits per heavy atom. The number of hydrogen-bond acceptors (Lipinski definition) is 4. The molecular weight excluding hydrogens is 268 g/mol. The lowest BCUT2D eigenvalue weighted by Gasteiger charge is -2.39. The van der Waals surface area contributed by atoms with E-state index in [1.165, 1.54) is 17.6 Å². The largest absolute Gasteiger partial charge is 0.465 e. The third-order valence-corrected chi connectivity index (χ3v) is 4.57. The van der Waals surface area contributed by atoms with Crippen molar-refractivity contribution in [1.29, 1.82) is 0 Å². The van der Waals surface area contributed by atoms with E-state index in [1.54, 1.807) is 0 Å². The quantitative estimate of drug-likeness (QED) is 0.422. The van der Waals surface area contributed by atoms with Crippen LogP contribution in [0.15, 0.2) is 11.1 Å². The highest BCUT2D eigenvalue weighted by Crippen LogP contribution is 2.44. The molecule has 1 heterocycles. The van der Waals surface area contributed by atoms with Crippen LogP contribution >= 0.6 is 0 Å². The Morgan fingerprint density at radius 2 is 1.90 bits per heavy atom. The number of allylic oxidation sites excluding steroid dienone is 1. The van der Waals surface area contributed by atoms with Crippen LogP contribution in [0.3, 0.4) is 0 Å². The molecule has 2 aliphatic rings. The van der Waals surface area contributed by atoms with Crippen LogP contribution in [0.5, 0.6) is 0 Å². The van der Waals surface area contributed by atoms with Gasteiger partial charge in [0.2, 0.25) is 0 Å². The summed E-state index contributed by atoms with van der Waals surface area (Å²) in [5.74, 6) is -0.773. The van der Waals surface area contributed by atoms with Crippen molar-refractivity contribution in [2.24, 2.45) is 11.3 Å². The van der Waals surface area contributed by atoms with Crippen LogP contribution in [0.2, 0.25) is 0 Å². The van der Waals surface area contributed by atoms with E-state index < -0.39 is 11.9 Å². The first kappa shape index (κ1) is 16.1. The second-order valence-electron chi connectivity index (χ2n) is 7.11. The summed E-state index contributed by atoms with van der Waals surface area (Å²) in [5, 5.41) is 0. The lowest BCUT2D eigenvalue weighted by Crippen LogP contribution is -2.33. The van der Waals surface area contributed by atoms with Crippen molar-refractivity contribution >= 4 is 11.9 Å². The number of hydrogen-bond donors (Lipinski definition) is 0. The van der Waals surface area contributed by atoms with Gasteiger partial charge in [-0.15, -0.1) is 0 Å². The van der Waals surface area contributed by atoms with Crippen molar-refractivity contribution in [3.63, 3.8) is 0 Å². The first-order valence-corrected chi connectivity index (χ1v) is 7.85. The van der Waals surface area contributed by atoms with Crippen LogP contribution in [0.4, 0.5) is 0 Å². The number of carbonyl (C=O) groups excluding carboxylic acids is 2. The van der Waals surface area contributed by atoms with Crippen molar-refractivity contribution in [3.05, 3.63) is 11.1 Å². The average Bonchev–Trinajstić information content (AvgIpc) is 2.39. The summed E-state index contributed by atoms with van der Waals surface area (Å²) in [6, 6.07) is 0. The van der Waals surface area contributed by atoms with Crippen molar-refractivity contribution in [1.82, 2.24) is 0 Å². The molecule has 0 aromatic heterocycles. The molecule has 1 saturated heterocycles. The summed E-state index contributed by atoms with van der Waals surface area (Å²) in [7, 11) is 0. The predicted octanol–water partition coefficient (Wildman–Crippen LogP) is 3.40. The van der Waals surface area contributed by atoms with Crippen molar-refractivity contribution in [2.45, 2.75) is 65.9 Å². The molecule has 1 aliphatic heterocycles. The highest BCUT2D eigenvalue weighted by Gasteiger charge is 2.37. The molecule has 0 spiro atoms. The summed E-state index contributed by atoms with van der Waals surface area (Å²) in [6.45, 7) is 8.97. The summed E-state index contributed by atoms with van der Waals surface area (Å²) in [4.78, 5) is 23.4. The molecule has 0 radical (unpaired) electrons. The first-order valence-electron chi connectivity index (χ1n) is 7.85. The number of cyclic esters (lactones) is 2. The lowest BCUT2D eigenvalue weighted by atomic mass is 9.69. The van der Waals surface area contributed by atoms with Crippen LogP contribution in [-0.2, 0) is 19.1 Å². The Labute approximate surface area is 126 Å². The summed E-state index contributed by atoms with van der Waals surface area (Å²) < 4.78 is 10.8. The second kappa shape index (κ2) is 6.20. The summed E-state index contributed by atoms with van der Waals surface area (Å²) in [6.07, 6.45) is 3.57. The van der Waals surface area contributed by atoms with E-state index in [0.717, 1.165) is 19.3 Å². The zero-order chi connectivity index (χ0) is 15.6. The third kappa shape index (κ3) is 3.86. The van der Waals surface area contributed by atoms with Gasteiger partial charge in [0.1, 0.15) is 12.5 Å². The molecule has 118 valence electrons. The van der Waals surface area contributed by atoms with E-state index in [1.807, 2.05) is 6.92 Å². The molecule has 0 bridgehead atoms. The van der Waals surface area contributed by atoms with Gasteiger partial charge in [0.25, 0.3) is 0 Å². The van der Waals surface area contributed by atoms with Gasteiger partial charge in [-0.1, -0.05) is 26.3 Å². The molecule has 0 aromatic rings. The summed E-state index contributed by atoms with van der Waals surface area (Å²) >= 11 is 0. The van der Waals surface area contributed by atoms with E-state index in [9.17, 15) is 9.59 Å². The van der Waals surface area contributed by atoms with Gasteiger partial charge >= 0.3 is 11.9 Å². The fraction of sp³-hybridized carbons (Fsp3) is 0.765. The third-order valence-electron chi connectivity index (χ3n) is 4.57. The average molecular weight is 294 g/mol. The standard InChI is InChI=1S/C17H26O4/c1-11-8-13(21-15(19)9-14(18)20-10-11)16-12(2)6-5-7-17(16,3)4/h11,13H,5-10H2,1-4H3. The fourth-order valence-electron chi connectivity index (χ4n) is 3.62. The summed E-state index contributed by atoms with van der Waals surface area (Å²) in [5.41, 5.74) is 2.64. The molecule has 1 fully saturated rings. The smallest absolute Gasteiger partial charge is 0.317 e. The highest BCUT2D eigenvalue weighted by atomic mass is 16.6. The SMILES string of the molecule is CC1=C(C2CC(C)COC(=O)CC(=O)O2)C(C)(C)CCC1. The normalized spacial score (nSPS) is 30.9. The minimum atomic E-state index is -0.485. The van der Waals surface area contributed by atoms with Crippen molar-refractivity contribution < 1.29 is 19.1 Å². The number of carbonyl (C=O) groups is 2. The fourth-order valence-corrected chi connectivity index (χ4v) is 3.62. The molecule has 21 heavy (non-hydrogen) atoms. The molecule has 4 heteroatoms. The van der Waals surface area contributed by atoms with Crippen molar-refractivity contribution in [3.8, 4) is 0 Å². The number of esters is 2. The van der Waals surface area contributed by atoms with Crippen molar-refractivity contribution in [2.75, 3.05) is 6.61 Å². The number of ether oxygens (including phenoxy) is 2. The van der Waals surface area contributed by atoms with E-state index in [-0.39, 0.29) is 23.9 Å². The van der Waals surface area contributed by atoms with Crippen LogP contribution in [0.1, 0.15) is 59.8 Å². The zero-order valence-electron chi connectivity index (χ0n) is 13.5. The Morgan fingerprint density at radius 3 is 2.57 bits per heavy atom. The van der Waals surface area contributed by atoms with Crippen LogP contribution in [0, 0.1) is 11.3 Å². The van der Waals surface area contributed by atoms with Gasteiger partial charge in [-0.25, -0.2) is 0 Å². The van der Waals surface area contributed by atoms with E-state index in [0.29, 0.717) is 6.61 Å². The Bertz CT molecular complexity index is 461. The van der Waals surface area contributed by atoms with Gasteiger partial charge < -0.3 is 9.47 Å². The minimum Gasteiger partial charge on any atom is -0.465 e. The Kier molecular flexibility index (Phi) is 4.74. The molecule has 2 unspecified atom stereocenters. The van der Waals surface area contributed by atoms with Gasteiger partial charge in [0.05, 0.1) is 6.61 Å². The molecular formula is C17H26O4. The second-order valence-corrected chi connectivity index (χ2v) is 7.11. The van der Waals surface area contributed by atoms with E-state index in [4.69, 9.17) is 9.47 Å². The van der Waals surface area contributed by atoms with E-state index in [2.05, 4.69) is 20.8 Å². The minimum absolute atomic E-state index is 0.0475. The zero-order valence-corrected chi connectivity index (χ0v) is 13.5. The molecule has 0 saturated carbocycles. The first-order chi connectivity index (χ1) is 9.79. The van der Waals surface area contributed by atoms with Gasteiger partial charge in [-0.05, 0) is 49.5 Å². The highest BCUT2D eigenvalue weighted by molar-refractivity contribution is 5.91. The molecule has 0 aromatic carbocycles. The van der Waals surface area contributed by atoms with Crippen LogP contribution < -0.4 is 0 Å². The Balaban J connectivity index is 2.30. The van der Waals surface area contributed by atoms with Gasteiger partial charge in [-0.2, -0.15) is 0 Å². The molecule has 2 rings (SSSR count). The maximum Gasteiger partial charge on any atom is 0.317 e. The molecule has 4 nitrogen and oxygen atoms in total. The Hall–Kier alpha value is -1.32. The monoisotopic (exact) mass is 294 g/mol. The molecule has 0 amide bonds.